The lowest BCUT2D eigenvalue weighted by molar-refractivity contribution is -0.123. The lowest BCUT2D eigenvalue weighted by atomic mass is 10.2. The Morgan fingerprint density at radius 2 is 1.89 bits per heavy atom. The molecule has 1 N–H and O–H groups in total. The Morgan fingerprint density at radius 1 is 1.18 bits per heavy atom. The number of amides is 1. The summed E-state index contributed by atoms with van der Waals surface area (Å²) in [5.74, 6) is -0.0389. The number of hydrogen-bond acceptors (Lipinski definition) is 5. The van der Waals surface area contributed by atoms with Gasteiger partial charge in [0.1, 0.15) is 5.75 Å². The van der Waals surface area contributed by atoms with Crippen molar-refractivity contribution in [3.05, 3.63) is 70.5 Å². The van der Waals surface area contributed by atoms with Crippen LogP contribution >= 0.6 is 0 Å². The summed E-state index contributed by atoms with van der Waals surface area (Å²) in [4.78, 5) is 26.0. The molecule has 2 aromatic carbocycles. The molecule has 0 unspecified atom stereocenters. The van der Waals surface area contributed by atoms with E-state index in [1.807, 2.05) is 67.5 Å². The van der Waals surface area contributed by atoms with Gasteiger partial charge in [0.05, 0.1) is 11.7 Å². The quantitative estimate of drug-likeness (QED) is 0.527. The zero-order valence-electron chi connectivity index (χ0n) is 16.0. The van der Waals surface area contributed by atoms with E-state index in [1.54, 1.807) is 13.3 Å². The summed E-state index contributed by atoms with van der Waals surface area (Å²) >= 11 is 0. The molecule has 0 spiro atoms. The topological polar surface area (TPSA) is 75.9 Å². The maximum absolute atomic E-state index is 12.0. The largest absolute Gasteiger partial charge is 0.483 e. The molecule has 1 heterocycles. The molecule has 7 nitrogen and oxygen atoms in total. The Kier molecular flexibility index (Phi) is 5.74. The molecule has 0 fully saturated rings. The Hall–Kier alpha value is -3.61. The molecular weight excluding hydrogens is 356 g/mol. The van der Waals surface area contributed by atoms with Crippen LogP contribution in [0.5, 0.6) is 5.75 Å². The van der Waals surface area contributed by atoms with Crippen LogP contribution in [0.4, 0.5) is 5.69 Å². The zero-order chi connectivity index (χ0) is 20.1. The highest BCUT2D eigenvalue weighted by atomic mass is 16.5. The minimum absolute atomic E-state index is 0.201. The molecule has 0 aliphatic heterocycles. The van der Waals surface area contributed by atoms with E-state index in [1.165, 1.54) is 10.6 Å². The number of hydrogen-bond donors (Lipinski definition) is 1. The molecule has 1 amide bonds. The van der Waals surface area contributed by atoms with Crippen LogP contribution in [0.3, 0.4) is 0 Å². The third kappa shape index (κ3) is 4.37. The highest BCUT2D eigenvalue weighted by Crippen LogP contribution is 2.22. The predicted molar refractivity (Wildman–Crippen MR) is 111 cm³/mol. The summed E-state index contributed by atoms with van der Waals surface area (Å²) in [7, 11) is 5.63. The standard InChI is InChI=1S/C21H22N4O3/c1-24(2)16-10-8-15(9-11-16)13-22-23-20(26)14-28-19-12-21(27)25(3)18-7-5-4-6-17(18)19/h4-13H,14H2,1-3H3,(H,23,26)/b22-13+. The summed E-state index contributed by atoms with van der Waals surface area (Å²) < 4.78 is 7.09. The monoisotopic (exact) mass is 378 g/mol. The van der Waals surface area contributed by atoms with Gasteiger partial charge in [-0.15, -0.1) is 0 Å². The molecule has 1 aromatic heterocycles. The Morgan fingerprint density at radius 3 is 2.61 bits per heavy atom. The van der Waals surface area contributed by atoms with Gasteiger partial charge in [0.2, 0.25) is 0 Å². The van der Waals surface area contributed by atoms with E-state index >= 15 is 0 Å². The Labute approximate surface area is 162 Å². The molecule has 144 valence electrons. The maximum Gasteiger partial charge on any atom is 0.277 e. The number of rotatable bonds is 6. The van der Waals surface area contributed by atoms with E-state index in [0.29, 0.717) is 5.75 Å². The molecule has 28 heavy (non-hydrogen) atoms. The number of fused-ring (bicyclic) bond motifs is 1. The molecule has 0 bridgehead atoms. The van der Waals surface area contributed by atoms with E-state index in [4.69, 9.17) is 4.74 Å². The third-order valence-corrected chi connectivity index (χ3v) is 4.29. The molecule has 3 aromatic rings. The van der Waals surface area contributed by atoms with Crippen molar-refractivity contribution in [2.75, 3.05) is 25.6 Å². The number of carbonyl (C=O) groups is 1. The van der Waals surface area contributed by atoms with Crippen molar-refractivity contribution >= 4 is 28.7 Å². The van der Waals surface area contributed by atoms with Crippen LogP contribution < -0.4 is 20.6 Å². The molecule has 0 aliphatic rings. The molecule has 3 rings (SSSR count). The smallest absolute Gasteiger partial charge is 0.277 e. The van der Waals surface area contributed by atoms with Gasteiger partial charge in [-0.25, -0.2) is 5.43 Å². The molecular formula is C21H22N4O3. The van der Waals surface area contributed by atoms with E-state index in [-0.39, 0.29) is 12.2 Å². The number of anilines is 1. The first-order valence-corrected chi connectivity index (χ1v) is 8.76. The Balaban J connectivity index is 1.61. The fourth-order valence-corrected chi connectivity index (χ4v) is 2.71. The molecule has 0 aliphatic carbocycles. The summed E-state index contributed by atoms with van der Waals surface area (Å²) in [6.07, 6.45) is 1.56. The summed E-state index contributed by atoms with van der Waals surface area (Å²) in [6, 6.07) is 16.5. The molecule has 7 heteroatoms. The van der Waals surface area contributed by atoms with Gasteiger partial charge in [0, 0.05) is 38.3 Å². The number of carbonyl (C=O) groups excluding carboxylic acids is 1. The van der Waals surface area contributed by atoms with Crippen LogP contribution in [-0.4, -0.2) is 37.4 Å². The van der Waals surface area contributed by atoms with E-state index in [2.05, 4.69) is 10.5 Å². The number of ether oxygens (including phenoxy) is 1. The number of nitrogens with one attached hydrogen (secondary N) is 1. The third-order valence-electron chi connectivity index (χ3n) is 4.29. The molecule has 0 atom stereocenters. The van der Waals surface area contributed by atoms with Gasteiger partial charge >= 0.3 is 0 Å². The number of aromatic nitrogens is 1. The zero-order valence-corrected chi connectivity index (χ0v) is 16.0. The summed E-state index contributed by atoms with van der Waals surface area (Å²) in [5.41, 5.74) is 4.91. The number of aryl methyl sites for hydroxylation is 1. The second-order valence-corrected chi connectivity index (χ2v) is 6.49. The van der Waals surface area contributed by atoms with Crippen molar-refractivity contribution in [1.29, 1.82) is 0 Å². The van der Waals surface area contributed by atoms with E-state index < -0.39 is 5.91 Å². The van der Waals surface area contributed by atoms with Crippen molar-refractivity contribution in [3.8, 4) is 5.75 Å². The summed E-state index contributed by atoms with van der Waals surface area (Å²) in [5, 5.41) is 4.70. The number of para-hydroxylation sites is 1. The van der Waals surface area contributed by atoms with Gasteiger partial charge in [0.25, 0.3) is 11.5 Å². The fourth-order valence-electron chi connectivity index (χ4n) is 2.71. The van der Waals surface area contributed by atoms with Crippen molar-refractivity contribution in [3.63, 3.8) is 0 Å². The van der Waals surface area contributed by atoms with Crippen LogP contribution in [0.2, 0.25) is 0 Å². The van der Waals surface area contributed by atoms with Crippen molar-refractivity contribution in [2.24, 2.45) is 12.1 Å². The minimum Gasteiger partial charge on any atom is -0.483 e. The first kappa shape index (κ1) is 19.2. The second kappa shape index (κ2) is 8.39. The van der Waals surface area contributed by atoms with E-state index in [0.717, 1.165) is 22.2 Å². The summed E-state index contributed by atoms with van der Waals surface area (Å²) in [6.45, 7) is -0.242. The first-order valence-electron chi connectivity index (χ1n) is 8.76. The van der Waals surface area contributed by atoms with Crippen molar-refractivity contribution < 1.29 is 9.53 Å². The molecule has 0 saturated heterocycles. The SMILES string of the molecule is CN(C)c1ccc(/C=N/NC(=O)COc2cc(=O)n(C)c3ccccc23)cc1. The van der Waals surface area contributed by atoms with Crippen LogP contribution in [0, 0.1) is 0 Å². The average molecular weight is 378 g/mol. The van der Waals surface area contributed by atoms with Crippen LogP contribution in [0.25, 0.3) is 10.9 Å². The van der Waals surface area contributed by atoms with Crippen LogP contribution in [0.1, 0.15) is 5.56 Å². The van der Waals surface area contributed by atoms with Gasteiger partial charge in [-0.1, -0.05) is 24.3 Å². The minimum atomic E-state index is -0.411. The molecule has 0 saturated carbocycles. The van der Waals surface area contributed by atoms with Crippen molar-refractivity contribution in [2.45, 2.75) is 0 Å². The fraction of sp³-hybridized carbons (Fsp3) is 0.190. The van der Waals surface area contributed by atoms with Crippen LogP contribution in [-0.2, 0) is 11.8 Å². The Bertz CT molecular complexity index is 1070. The van der Waals surface area contributed by atoms with Gasteiger partial charge in [-0.3, -0.25) is 9.59 Å². The molecule has 0 radical (unpaired) electrons. The number of pyridine rings is 1. The van der Waals surface area contributed by atoms with Gasteiger partial charge in [0.15, 0.2) is 6.61 Å². The second-order valence-electron chi connectivity index (χ2n) is 6.49. The van der Waals surface area contributed by atoms with Gasteiger partial charge < -0.3 is 14.2 Å². The van der Waals surface area contributed by atoms with Crippen LogP contribution in [0.15, 0.2) is 64.5 Å². The van der Waals surface area contributed by atoms with Gasteiger partial charge in [-0.2, -0.15) is 5.10 Å². The number of nitrogens with zero attached hydrogens (tertiary/aromatic N) is 3. The lowest BCUT2D eigenvalue weighted by Crippen LogP contribution is -2.25. The average Bonchev–Trinajstić information content (AvgIpc) is 2.70. The highest BCUT2D eigenvalue weighted by Gasteiger charge is 2.09. The normalized spacial score (nSPS) is 11.0. The predicted octanol–water partition coefficient (Wildman–Crippen LogP) is 2.13. The maximum atomic E-state index is 12.0. The van der Waals surface area contributed by atoms with E-state index in [9.17, 15) is 9.59 Å². The highest BCUT2D eigenvalue weighted by molar-refractivity contribution is 5.86. The lowest BCUT2D eigenvalue weighted by Gasteiger charge is -2.11. The van der Waals surface area contributed by atoms with Gasteiger partial charge in [-0.05, 0) is 29.8 Å². The first-order chi connectivity index (χ1) is 13.5. The number of hydrazone groups is 1. The number of benzene rings is 2. The van der Waals surface area contributed by atoms with Crippen molar-refractivity contribution in [1.82, 2.24) is 9.99 Å².